The van der Waals surface area contributed by atoms with Gasteiger partial charge in [-0.1, -0.05) is 71.4 Å². The van der Waals surface area contributed by atoms with Gasteiger partial charge in [0.2, 0.25) is 11.8 Å². The number of likely N-dealkylation sites (tertiary alicyclic amines) is 1. The van der Waals surface area contributed by atoms with Crippen LogP contribution < -0.4 is 5.32 Å². The van der Waals surface area contributed by atoms with Crippen LogP contribution >= 0.6 is 0 Å². The van der Waals surface area contributed by atoms with Crippen molar-refractivity contribution in [2.24, 2.45) is 56.7 Å². The quantitative estimate of drug-likeness (QED) is 0.231. The van der Waals surface area contributed by atoms with E-state index in [0.29, 0.717) is 48.6 Å². The minimum atomic E-state index is -0.947. The van der Waals surface area contributed by atoms with Crippen molar-refractivity contribution in [1.29, 1.82) is 0 Å². The molecule has 8 heteroatoms. The number of benzene rings is 1. The largest absolute Gasteiger partial charge is 0.480 e. The molecule has 1 heterocycles. The number of hydrogen-bond donors (Lipinski definition) is 3. The van der Waals surface area contributed by atoms with Gasteiger partial charge in [0, 0.05) is 25.4 Å². The van der Waals surface area contributed by atoms with Crippen LogP contribution in [0.1, 0.15) is 135 Å². The number of amides is 2. The van der Waals surface area contributed by atoms with Crippen LogP contribution in [0, 0.1) is 56.7 Å². The number of carboxylic acids is 2. The van der Waals surface area contributed by atoms with E-state index in [1.165, 1.54) is 16.0 Å². The second kappa shape index (κ2) is 13.1. The van der Waals surface area contributed by atoms with Crippen molar-refractivity contribution in [3.63, 3.8) is 0 Å². The summed E-state index contributed by atoms with van der Waals surface area (Å²) in [5.41, 5.74) is 3.61. The highest BCUT2D eigenvalue weighted by Gasteiger charge is 2.71. The van der Waals surface area contributed by atoms with Crippen molar-refractivity contribution in [2.75, 3.05) is 13.1 Å². The summed E-state index contributed by atoms with van der Waals surface area (Å²) >= 11 is 0. The van der Waals surface area contributed by atoms with Crippen molar-refractivity contribution in [3.05, 3.63) is 53.6 Å². The Kier molecular flexibility index (Phi) is 9.37. The molecular weight excluding hydrogens is 665 g/mol. The molecule has 8 nitrogen and oxygen atoms in total. The number of aliphatic carboxylic acids is 1. The van der Waals surface area contributed by atoms with Crippen LogP contribution in [-0.2, 0) is 14.4 Å². The van der Waals surface area contributed by atoms with Gasteiger partial charge in [-0.3, -0.25) is 9.59 Å². The van der Waals surface area contributed by atoms with Gasteiger partial charge in [0.1, 0.15) is 6.04 Å². The third-order valence-electron chi connectivity index (χ3n) is 17.0. The van der Waals surface area contributed by atoms with Crippen molar-refractivity contribution in [3.8, 4) is 0 Å². The molecule has 10 atom stereocenters. The van der Waals surface area contributed by atoms with Gasteiger partial charge in [-0.15, -0.1) is 0 Å². The Hall–Kier alpha value is -3.42. The lowest BCUT2D eigenvalue weighted by molar-refractivity contribution is -0.229. The summed E-state index contributed by atoms with van der Waals surface area (Å²) in [6.45, 7) is 20.1. The van der Waals surface area contributed by atoms with Crippen LogP contribution in [0.3, 0.4) is 0 Å². The molecule has 53 heavy (non-hydrogen) atoms. The molecule has 1 saturated heterocycles. The highest BCUT2D eigenvalue weighted by molar-refractivity contribution is 5.88. The van der Waals surface area contributed by atoms with Crippen LogP contribution in [0.4, 0.5) is 0 Å². The number of carbonyl (C=O) groups is 4. The molecule has 1 aliphatic heterocycles. The number of allylic oxidation sites excluding steroid dienone is 3. The van der Waals surface area contributed by atoms with Gasteiger partial charge in [0.25, 0.3) is 0 Å². The molecule has 1 aromatic rings. The molecule has 288 valence electrons. The average molecular weight is 727 g/mol. The Balaban J connectivity index is 1.14. The SMILES string of the molecule is C=C(C)C1C=C(c2ccc(C(=O)O)cc2)C(C)(C)[C@@H]2CC[C@]3(C)[C@H](CC[C@@H]4[C@H]5CCC[C@]5(C(=O)NCCC(=O)N5CCCC5C(=O)O)CC[C@]43C)[C@@]12C. The first-order valence-electron chi connectivity index (χ1n) is 20.5. The molecule has 0 radical (unpaired) electrons. The van der Waals surface area contributed by atoms with Crippen LogP contribution in [0.15, 0.2) is 42.5 Å². The van der Waals surface area contributed by atoms with Gasteiger partial charge in [-0.2, -0.15) is 0 Å². The molecule has 2 unspecified atom stereocenters. The third-order valence-corrected chi connectivity index (χ3v) is 17.0. The highest BCUT2D eigenvalue weighted by atomic mass is 16.4. The number of nitrogens with zero attached hydrogens (tertiary/aromatic N) is 1. The standard InChI is InChI=1S/C45H62N2O6/c1-27(2)32-26-33(28-12-14-29(15-13-28)38(49)50)41(3,4)35-18-21-43(6)36(44(32,35)7)17-16-30-31-10-8-20-45(31,23-22-42(30,43)5)40(53)46-24-19-37(48)47-25-9-11-34(47)39(51)52/h12-15,26,30-32,34-36H,1,8-11,16-25H2,2-7H3,(H,46,53)(H,49,50)(H,51,52)/t30-,31-,32?,34?,35+,36+,42-,43-,44+,45+/m1/s1. The second-order valence-electron chi connectivity index (χ2n) is 19.3. The fourth-order valence-corrected chi connectivity index (χ4v) is 14.4. The van der Waals surface area contributed by atoms with Gasteiger partial charge in [-0.25, -0.2) is 9.59 Å². The third kappa shape index (κ3) is 5.49. The van der Waals surface area contributed by atoms with Crippen LogP contribution in [0.5, 0.6) is 0 Å². The Bertz CT molecular complexity index is 1730. The molecule has 1 aromatic carbocycles. The van der Waals surface area contributed by atoms with Gasteiger partial charge in [-0.05, 0) is 140 Å². The molecule has 3 N–H and O–H groups in total. The highest BCUT2D eigenvalue weighted by Crippen LogP contribution is 2.78. The first-order valence-corrected chi connectivity index (χ1v) is 20.5. The summed E-state index contributed by atoms with van der Waals surface area (Å²) in [6.07, 6.45) is 13.3. The smallest absolute Gasteiger partial charge is 0.335 e. The summed E-state index contributed by atoms with van der Waals surface area (Å²) in [5.74, 6) is 0.00291. The minimum absolute atomic E-state index is 0.00390. The summed E-state index contributed by atoms with van der Waals surface area (Å²) in [6, 6.07) is 6.69. The van der Waals surface area contributed by atoms with Crippen LogP contribution in [0.25, 0.3) is 5.57 Å². The average Bonchev–Trinajstić information content (AvgIpc) is 3.77. The fourth-order valence-electron chi connectivity index (χ4n) is 14.4. The van der Waals surface area contributed by atoms with E-state index in [1.54, 1.807) is 12.1 Å². The Morgan fingerprint density at radius 1 is 0.830 bits per heavy atom. The maximum absolute atomic E-state index is 14.3. The Morgan fingerprint density at radius 2 is 1.55 bits per heavy atom. The number of nitrogens with one attached hydrogen (secondary N) is 1. The number of rotatable bonds is 8. The molecule has 7 rings (SSSR count). The van der Waals surface area contributed by atoms with E-state index in [2.05, 4.69) is 59.5 Å². The second-order valence-corrected chi connectivity index (χ2v) is 19.3. The van der Waals surface area contributed by atoms with Crippen molar-refractivity contribution < 1.29 is 29.4 Å². The van der Waals surface area contributed by atoms with Gasteiger partial charge >= 0.3 is 11.9 Å². The maximum atomic E-state index is 14.3. The first-order chi connectivity index (χ1) is 24.9. The van der Waals surface area contributed by atoms with Gasteiger partial charge in [0.05, 0.1) is 11.0 Å². The topological polar surface area (TPSA) is 124 Å². The lowest BCUT2D eigenvalue weighted by Crippen LogP contribution is -2.67. The monoisotopic (exact) mass is 726 g/mol. The molecule has 0 aromatic heterocycles. The molecule has 4 saturated carbocycles. The molecule has 0 spiro atoms. The minimum Gasteiger partial charge on any atom is -0.480 e. The van der Waals surface area contributed by atoms with E-state index >= 15 is 0 Å². The van der Waals surface area contributed by atoms with Crippen molar-refractivity contribution >= 4 is 29.3 Å². The summed E-state index contributed by atoms with van der Waals surface area (Å²) in [5, 5.41) is 22.3. The van der Waals surface area contributed by atoms with E-state index in [1.807, 2.05) is 12.1 Å². The summed E-state index contributed by atoms with van der Waals surface area (Å²) < 4.78 is 0. The van der Waals surface area contributed by atoms with Crippen molar-refractivity contribution in [2.45, 2.75) is 125 Å². The number of aromatic carboxylic acids is 1. The number of fused-ring (bicyclic) bond motifs is 7. The zero-order chi connectivity index (χ0) is 38.3. The molecular formula is C45H62N2O6. The van der Waals surface area contributed by atoms with E-state index in [4.69, 9.17) is 0 Å². The van der Waals surface area contributed by atoms with Crippen molar-refractivity contribution in [1.82, 2.24) is 10.2 Å². The fraction of sp³-hybridized carbons (Fsp3) is 0.689. The molecule has 2 amide bonds. The zero-order valence-corrected chi connectivity index (χ0v) is 32.9. The Morgan fingerprint density at radius 3 is 2.21 bits per heavy atom. The molecule has 5 fully saturated rings. The maximum Gasteiger partial charge on any atom is 0.335 e. The van der Waals surface area contributed by atoms with Gasteiger partial charge in [0.15, 0.2) is 0 Å². The van der Waals surface area contributed by atoms with Gasteiger partial charge < -0.3 is 20.4 Å². The normalized spacial score (nSPS) is 39.8. The molecule has 5 aliphatic carbocycles. The van der Waals surface area contributed by atoms with Crippen LogP contribution in [0.2, 0.25) is 0 Å². The number of carbonyl (C=O) groups excluding carboxylic acids is 2. The Labute approximate surface area is 316 Å². The van der Waals surface area contributed by atoms with E-state index in [0.717, 1.165) is 63.4 Å². The molecule has 6 aliphatic rings. The van der Waals surface area contributed by atoms with Crippen LogP contribution in [-0.4, -0.2) is 58.0 Å². The molecule has 0 bridgehead atoms. The predicted molar refractivity (Wildman–Crippen MR) is 206 cm³/mol. The lowest BCUT2D eigenvalue weighted by atomic mass is 9.31. The van der Waals surface area contributed by atoms with E-state index in [-0.39, 0.29) is 52.4 Å². The summed E-state index contributed by atoms with van der Waals surface area (Å²) in [7, 11) is 0. The lowest BCUT2D eigenvalue weighted by Gasteiger charge is -2.73. The van der Waals surface area contributed by atoms with E-state index < -0.39 is 23.4 Å². The first kappa shape index (κ1) is 37.9. The number of hydrogen-bond acceptors (Lipinski definition) is 4. The number of carboxylic acid groups (broad SMARTS) is 2. The summed E-state index contributed by atoms with van der Waals surface area (Å²) in [4.78, 5) is 52.0. The predicted octanol–water partition coefficient (Wildman–Crippen LogP) is 8.62. The van der Waals surface area contributed by atoms with E-state index in [9.17, 15) is 29.4 Å². The zero-order valence-electron chi connectivity index (χ0n) is 32.9.